The first kappa shape index (κ1) is 14.3. The molecule has 2 aliphatic heterocycles. The fourth-order valence-corrected chi connectivity index (χ4v) is 3.57. The Bertz CT molecular complexity index is 698. The van der Waals surface area contributed by atoms with Gasteiger partial charge in [0.1, 0.15) is 12.0 Å². The fourth-order valence-electron chi connectivity index (χ4n) is 3.57. The lowest BCUT2D eigenvalue weighted by Gasteiger charge is -2.22. The van der Waals surface area contributed by atoms with Crippen LogP contribution in [0.2, 0.25) is 0 Å². The van der Waals surface area contributed by atoms with Crippen molar-refractivity contribution in [3.8, 4) is 5.75 Å². The second-order valence-corrected chi connectivity index (χ2v) is 6.02. The predicted molar refractivity (Wildman–Crippen MR) is 86.1 cm³/mol. The summed E-state index contributed by atoms with van der Waals surface area (Å²) in [7, 11) is 1.64. The van der Waals surface area contributed by atoms with Crippen molar-refractivity contribution >= 4 is 5.91 Å². The van der Waals surface area contributed by atoms with E-state index >= 15 is 0 Å². The maximum atomic E-state index is 12.9. The first-order chi connectivity index (χ1) is 11.3. The average molecular weight is 309 g/mol. The minimum atomic E-state index is -0.127. The summed E-state index contributed by atoms with van der Waals surface area (Å²) >= 11 is 0. The maximum Gasteiger partial charge on any atom is 0.232 e. The van der Waals surface area contributed by atoms with Crippen LogP contribution in [0.1, 0.15) is 29.5 Å². The molecular weight excluding hydrogens is 290 g/mol. The van der Waals surface area contributed by atoms with Gasteiger partial charge in [-0.1, -0.05) is 42.5 Å². The first-order valence-corrected chi connectivity index (χ1v) is 7.90. The van der Waals surface area contributed by atoms with E-state index in [1.54, 1.807) is 7.11 Å². The summed E-state index contributed by atoms with van der Waals surface area (Å²) in [4.78, 5) is 14.9. The second-order valence-electron chi connectivity index (χ2n) is 6.02. The molecule has 4 nitrogen and oxygen atoms in total. The van der Waals surface area contributed by atoms with Gasteiger partial charge in [0, 0.05) is 6.42 Å². The number of benzene rings is 2. The highest BCUT2D eigenvalue weighted by Crippen LogP contribution is 2.43. The summed E-state index contributed by atoms with van der Waals surface area (Å²) < 4.78 is 11.1. The maximum absolute atomic E-state index is 12.9. The lowest BCUT2D eigenvalue weighted by Crippen LogP contribution is -2.31. The van der Waals surface area contributed by atoms with Gasteiger partial charge >= 0.3 is 0 Å². The normalized spacial score (nSPS) is 26.4. The third-order valence-electron chi connectivity index (χ3n) is 4.78. The molecule has 118 valence electrons. The number of fused-ring (bicyclic) bond motifs is 1. The number of hydrogen-bond acceptors (Lipinski definition) is 3. The van der Waals surface area contributed by atoms with Gasteiger partial charge in [0.05, 0.1) is 25.7 Å². The van der Waals surface area contributed by atoms with Crippen LogP contribution in [-0.2, 0) is 9.53 Å². The van der Waals surface area contributed by atoms with Crippen LogP contribution in [0.25, 0.3) is 0 Å². The molecule has 2 aromatic carbocycles. The van der Waals surface area contributed by atoms with E-state index in [2.05, 4.69) is 12.1 Å². The van der Waals surface area contributed by atoms with E-state index in [0.717, 1.165) is 16.9 Å². The predicted octanol–water partition coefficient (Wildman–Crippen LogP) is 3.11. The van der Waals surface area contributed by atoms with Crippen molar-refractivity contribution in [1.82, 2.24) is 4.90 Å². The zero-order chi connectivity index (χ0) is 15.8. The number of hydrogen-bond donors (Lipinski definition) is 0. The van der Waals surface area contributed by atoms with E-state index in [1.165, 1.54) is 0 Å². The van der Waals surface area contributed by atoms with Gasteiger partial charge in [-0.2, -0.15) is 0 Å². The molecule has 0 N–H and O–H groups in total. The Labute approximate surface area is 135 Å². The molecule has 2 saturated heterocycles. The summed E-state index contributed by atoms with van der Waals surface area (Å²) in [5.74, 6) is 0.835. The van der Waals surface area contributed by atoms with Crippen LogP contribution >= 0.6 is 0 Å². The Hall–Kier alpha value is -2.33. The molecule has 2 heterocycles. The number of methoxy groups -OCH3 is 1. The van der Waals surface area contributed by atoms with Gasteiger partial charge in [-0.05, 0) is 23.3 Å². The van der Waals surface area contributed by atoms with Gasteiger partial charge < -0.3 is 14.4 Å². The number of rotatable bonds is 3. The molecule has 4 rings (SSSR count). The van der Waals surface area contributed by atoms with Gasteiger partial charge in [0.15, 0.2) is 0 Å². The monoisotopic (exact) mass is 309 g/mol. The van der Waals surface area contributed by atoms with Crippen molar-refractivity contribution in [2.45, 2.75) is 24.6 Å². The highest BCUT2D eigenvalue weighted by Gasteiger charge is 2.48. The van der Waals surface area contributed by atoms with Gasteiger partial charge in [-0.25, -0.2) is 0 Å². The second kappa shape index (κ2) is 5.70. The zero-order valence-electron chi connectivity index (χ0n) is 13.0. The van der Waals surface area contributed by atoms with Crippen LogP contribution in [0.5, 0.6) is 5.75 Å². The van der Waals surface area contributed by atoms with Crippen LogP contribution < -0.4 is 4.74 Å². The average Bonchev–Trinajstić information content (AvgIpc) is 3.16. The molecule has 23 heavy (non-hydrogen) atoms. The summed E-state index contributed by atoms with van der Waals surface area (Å²) in [6.07, 6.45) is 0.605. The van der Waals surface area contributed by atoms with Crippen LogP contribution in [0, 0.1) is 0 Å². The van der Waals surface area contributed by atoms with E-state index < -0.39 is 0 Å². The minimum Gasteiger partial charge on any atom is -0.497 e. The molecule has 0 spiro atoms. The van der Waals surface area contributed by atoms with Crippen LogP contribution in [-0.4, -0.2) is 30.8 Å². The lowest BCUT2D eigenvalue weighted by atomic mass is 9.97. The Morgan fingerprint density at radius 2 is 1.78 bits per heavy atom. The minimum absolute atomic E-state index is 0.0250. The van der Waals surface area contributed by atoms with Crippen molar-refractivity contribution in [3.63, 3.8) is 0 Å². The van der Waals surface area contributed by atoms with Gasteiger partial charge in [-0.3, -0.25) is 4.79 Å². The molecule has 1 amide bonds. The summed E-state index contributed by atoms with van der Waals surface area (Å²) in [5, 5.41) is 0. The summed E-state index contributed by atoms with van der Waals surface area (Å²) in [6.45, 7) is 0.579. The van der Waals surface area contributed by atoms with E-state index in [1.807, 2.05) is 47.4 Å². The largest absolute Gasteiger partial charge is 0.497 e. The quantitative estimate of drug-likeness (QED) is 0.874. The Morgan fingerprint density at radius 3 is 2.48 bits per heavy atom. The molecule has 0 aromatic heterocycles. The van der Waals surface area contributed by atoms with E-state index in [4.69, 9.17) is 9.47 Å². The highest BCUT2D eigenvalue weighted by atomic mass is 16.5. The zero-order valence-corrected chi connectivity index (χ0v) is 13.0. The fraction of sp³-hybridized carbons (Fsp3) is 0.316. The van der Waals surface area contributed by atoms with Crippen molar-refractivity contribution in [2.75, 3.05) is 13.7 Å². The molecule has 2 aromatic rings. The van der Waals surface area contributed by atoms with Crippen LogP contribution in [0.4, 0.5) is 0 Å². The SMILES string of the molecule is COc1ccc(C2C[C@H]3OC[C@H](c4ccccc4)N3C2=O)cc1. The van der Waals surface area contributed by atoms with Gasteiger partial charge in [0.25, 0.3) is 0 Å². The molecule has 0 saturated carbocycles. The number of carbonyl (C=O) groups excluding carboxylic acids is 1. The first-order valence-electron chi connectivity index (χ1n) is 7.90. The van der Waals surface area contributed by atoms with Gasteiger partial charge in [-0.15, -0.1) is 0 Å². The van der Waals surface area contributed by atoms with E-state index in [-0.39, 0.29) is 24.1 Å². The number of ether oxygens (including phenoxy) is 2. The molecule has 2 fully saturated rings. The Kier molecular flexibility index (Phi) is 3.54. The standard InChI is InChI=1S/C19H19NO3/c1-22-15-9-7-13(8-10-15)16-11-18-20(19(16)21)17(12-23-18)14-5-3-2-4-6-14/h2-10,16-18H,11-12H2,1H3/t16?,17-,18-/m1/s1. The molecule has 3 atom stereocenters. The Morgan fingerprint density at radius 1 is 1.04 bits per heavy atom. The lowest BCUT2D eigenvalue weighted by molar-refractivity contribution is -0.132. The van der Waals surface area contributed by atoms with Crippen molar-refractivity contribution in [2.24, 2.45) is 0 Å². The van der Waals surface area contributed by atoms with Crippen molar-refractivity contribution in [1.29, 1.82) is 0 Å². The van der Waals surface area contributed by atoms with Crippen LogP contribution in [0.15, 0.2) is 54.6 Å². The van der Waals surface area contributed by atoms with E-state index in [9.17, 15) is 4.79 Å². The topological polar surface area (TPSA) is 38.8 Å². The molecular formula is C19H19NO3. The summed E-state index contributed by atoms with van der Waals surface area (Å²) in [6, 6.07) is 17.9. The Balaban J connectivity index is 1.59. The number of nitrogens with zero attached hydrogens (tertiary/aromatic N) is 1. The molecule has 4 heteroatoms. The van der Waals surface area contributed by atoms with E-state index in [0.29, 0.717) is 13.0 Å². The third kappa shape index (κ3) is 2.39. The molecule has 0 bridgehead atoms. The highest BCUT2D eigenvalue weighted by molar-refractivity contribution is 5.87. The molecule has 2 aliphatic rings. The number of carbonyl (C=O) groups is 1. The van der Waals surface area contributed by atoms with Crippen molar-refractivity contribution in [3.05, 3.63) is 65.7 Å². The van der Waals surface area contributed by atoms with Crippen LogP contribution in [0.3, 0.4) is 0 Å². The van der Waals surface area contributed by atoms with Crippen molar-refractivity contribution < 1.29 is 14.3 Å². The molecule has 0 aliphatic carbocycles. The third-order valence-corrected chi connectivity index (χ3v) is 4.78. The smallest absolute Gasteiger partial charge is 0.232 e. The van der Waals surface area contributed by atoms with Gasteiger partial charge in [0.2, 0.25) is 5.91 Å². The number of amides is 1. The summed E-state index contributed by atoms with van der Waals surface area (Å²) in [5.41, 5.74) is 2.17. The molecule has 0 radical (unpaired) electrons. The molecule has 1 unspecified atom stereocenters.